The van der Waals surface area contributed by atoms with Crippen LogP contribution in [0.5, 0.6) is 0 Å². The molecule has 13 heavy (non-hydrogen) atoms. The molecule has 2 nitrogen and oxygen atoms in total. The number of rotatable bonds is 1. The first kappa shape index (κ1) is 9.41. The van der Waals surface area contributed by atoms with Gasteiger partial charge in [0.2, 0.25) is 5.85 Å². The van der Waals surface area contributed by atoms with Crippen molar-refractivity contribution in [1.29, 1.82) is 0 Å². The van der Waals surface area contributed by atoms with Crippen LogP contribution in [0.3, 0.4) is 0 Å². The summed E-state index contributed by atoms with van der Waals surface area (Å²) in [7, 11) is 0. The van der Waals surface area contributed by atoms with Gasteiger partial charge in [-0.05, 0) is 33.1 Å². The van der Waals surface area contributed by atoms with Crippen molar-refractivity contribution in [2.75, 3.05) is 13.2 Å². The van der Waals surface area contributed by atoms with Gasteiger partial charge in [0.1, 0.15) is 0 Å². The number of hydrogen-bond donors (Lipinski definition) is 0. The Morgan fingerprint density at radius 1 is 1.54 bits per heavy atom. The van der Waals surface area contributed by atoms with Crippen LogP contribution >= 0.6 is 0 Å². The normalized spacial score (nSPS) is 45.9. The van der Waals surface area contributed by atoms with E-state index in [4.69, 9.17) is 4.74 Å². The van der Waals surface area contributed by atoms with Gasteiger partial charge in [-0.15, -0.1) is 0 Å². The van der Waals surface area contributed by atoms with Crippen LogP contribution in [0.2, 0.25) is 0 Å². The summed E-state index contributed by atoms with van der Waals surface area (Å²) < 4.78 is 19.1. The van der Waals surface area contributed by atoms with E-state index in [0.29, 0.717) is 18.6 Å². The molecule has 76 valence electrons. The van der Waals surface area contributed by atoms with Crippen molar-refractivity contribution < 1.29 is 9.13 Å². The maximum absolute atomic E-state index is 13.9. The summed E-state index contributed by atoms with van der Waals surface area (Å²) in [6.07, 6.45) is 0.963. The van der Waals surface area contributed by atoms with Gasteiger partial charge in [-0.25, -0.2) is 4.39 Å². The van der Waals surface area contributed by atoms with E-state index >= 15 is 0 Å². The molecule has 2 saturated heterocycles. The predicted molar refractivity (Wildman–Crippen MR) is 49.2 cm³/mol. The zero-order chi connectivity index (χ0) is 9.64. The summed E-state index contributed by atoms with van der Waals surface area (Å²) in [5, 5.41) is 0. The van der Waals surface area contributed by atoms with Crippen LogP contribution in [-0.4, -0.2) is 36.0 Å². The molecule has 3 atom stereocenters. The second-order valence-electron chi connectivity index (χ2n) is 4.70. The second-order valence-corrected chi connectivity index (χ2v) is 4.70. The minimum atomic E-state index is -1.43. The zero-order valence-electron chi connectivity index (χ0n) is 8.59. The molecule has 0 aromatic carbocycles. The topological polar surface area (TPSA) is 12.5 Å². The van der Waals surface area contributed by atoms with Gasteiger partial charge in [-0.2, -0.15) is 0 Å². The molecule has 0 saturated carbocycles. The monoisotopic (exact) mass is 187 g/mol. The van der Waals surface area contributed by atoms with E-state index in [2.05, 4.69) is 18.7 Å². The van der Waals surface area contributed by atoms with Crippen molar-refractivity contribution in [3.8, 4) is 0 Å². The highest BCUT2D eigenvalue weighted by Crippen LogP contribution is 2.39. The Balaban J connectivity index is 2.17. The lowest BCUT2D eigenvalue weighted by atomic mass is 9.98. The molecule has 3 unspecified atom stereocenters. The molecular weight excluding hydrogens is 169 g/mol. The van der Waals surface area contributed by atoms with Crippen molar-refractivity contribution in [2.24, 2.45) is 5.92 Å². The number of ether oxygens (including phenoxy) is 1. The Hall–Kier alpha value is -0.150. The molecule has 2 aliphatic rings. The molecule has 2 heterocycles. The largest absolute Gasteiger partial charge is 0.344 e. The van der Waals surface area contributed by atoms with Crippen LogP contribution < -0.4 is 0 Å². The summed E-state index contributed by atoms with van der Waals surface area (Å²) in [6.45, 7) is 7.40. The maximum atomic E-state index is 13.9. The van der Waals surface area contributed by atoms with Gasteiger partial charge in [-0.3, -0.25) is 4.90 Å². The molecule has 0 N–H and O–H groups in total. The number of nitrogens with zero attached hydrogens (tertiary/aromatic N) is 1. The highest BCUT2D eigenvalue weighted by Gasteiger charge is 2.50. The average molecular weight is 187 g/mol. The molecule has 2 fully saturated rings. The van der Waals surface area contributed by atoms with Gasteiger partial charge in [0, 0.05) is 12.6 Å². The average Bonchev–Trinajstić information content (AvgIpc) is 2.40. The van der Waals surface area contributed by atoms with Gasteiger partial charge in [0.15, 0.2) is 0 Å². The standard InChI is InChI=1S/C10H18FNO/c1-7(2)12-5-8-4-9(12)10(3,11)13-6-8/h7-9H,4-6H2,1-3H3. The van der Waals surface area contributed by atoms with Crippen LogP contribution in [-0.2, 0) is 4.74 Å². The van der Waals surface area contributed by atoms with E-state index < -0.39 is 5.85 Å². The molecule has 0 aromatic rings. The van der Waals surface area contributed by atoms with Gasteiger partial charge in [0.05, 0.1) is 12.6 Å². The Morgan fingerprint density at radius 2 is 2.23 bits per heavy atom. The smallest absolute Gasteiger partial charge is 0.222 e. The van der Waals surface area contributed by atoms with Crippen LogP contribution in [0.4, 0.5) is 4.39 Å². The third-order valence-electron chi connectivity index (χ3n) is 3.29. The molecule has 0 aliphatic carbocycles. The lowest BCUT2D eigenvalue weighted by Gasteiger charge is -2.37. The van der Waals surface area contributed by atoms with E-state index in [0.717, 1.165) is 13.0 Å². The fourth-order valence-electron chi connectivity index (χ4n) is 2.53. The van der Waals surface area contributed by atoms with E-state index in [1.54, 1.807) is 6.92 Å². The molecule has 2 rings (SSSR count). The van der Waals surface area contributed by atoms with E-state index in [1.807, 2.05) is 0 Å². The molecule has 0 amide bonds. The number of fused-ring (bicyclic) bond motifs is 2. The van der Waals surface area contributed by atoms with Gasteiger partial charge >= 0.3 is 0 Å². The Bertz CT molecular complexity index is 203. The Labute approximate surface area is 79.1 Å². The van der Waals surface area contributed by atoms with Crippen LogP contribution in [0.1, 0.15) is 27.2 Å². The number of alkyl halides is 1. The summed E-state index contributed by atoms with van der Waals surface area (Å²) in [5.74, 6) is -0.881. The van der Waals surface area contributed by atoms with Gasteiger partial charge in [0.25, 0.3) is 0 Å². The van der Waals surface area contributed by atoms with Crippen molar-refractivity contribution in [3.63, 3.8) is 0 Å². The molecule has 0 radical (unpaired) electrons. The number of halogens is 1. The molecule has 0 aromatic heterocycles. The van der Waals surface area contributed by atoms with E-state index in [9.17, 15) is 4.39 Å². The van der Waals surface area contributed by atoms with Crippen LogP contribution in [0, 0.1) is 5.92 Å². The minimum absolute atomic E-state index is 0.0220. The lowest BCUT2D eigenvalue weighted by molar-refractivity contribution is -0.188. The number of likely N-dealkylation sites (tertiary alicyclic amines) is 1. The van der Waals surface area contributed by atoms with Crippen LogP contribution in [0.25, 0.3) is 0 Å². The highest BCUT2D eigenvalue weighted by atomic mass is 19.2. The first-order valence-corrected chi connectivity index (χ1v) is 5.09. The van der Waals surface area contributed by atoms with E-state index in [-0.39, 0.29) is 6.04 Å². The summed E-state index contributed by atoms with van der Waals surface area (Å²) in [4.78, 5) is 2.23. The highest BCUT2D eigenvalue weighted by molar-refractivity contribution is 4.97. The SMILES string of the molecule is CC(C)N1CC2COC(C)(F)C1C2. The van der Waals surface area contributed by atoms with Gasteiger partial charge < -0.3 is 4.74 Å². The fraction of sp³-hybridized carbons (Fsp3) is 1.00. The molecule has 3 heteroatoms. The zero-order valence-corrected chi connectivity index (χ0v) is 8.59. The molecule has 2 bridgehead atoms. The third-order valence-corrected chi connectivity index (χ3v) is 3.29. The maximum Gasteiger partial charge on any atom is 0.222 e. The minimum Gasteiger partial charge on any atom is -0.344 e. The summed E-state index contributed by atoms with van der Waals surface area (Å²) >= 11 is 0. The fourth-order valence-corrected chi connectivity index (χ4v) is 2.53. The summed E-state index contributed by atoms with van der Waals surface area (Å²) in [6, 6.07) is 0.401. The quantitative estimate of drug-likeness (QED) is 0.620. The van der Waals surface area contributed by atoms with E-state index in [1.165, 1.54) is 0 Å². The first-order valence-electron chi connectivity index (χ1n) is 5.09. The van der Waals surface area contributed by atoms with Gasteiger partial charge in [-0.1, -0.05) is 0 Å². The Morgan fingerprint density at radius 3 is 2.85 bits per heavy atom. The lowest BCUT2D eigenvalue weighted by Crippen LogP contribution is -2.49. The van der Waals surface area contributed by atoms with Crippen molar-refractivity contribution in [1.82, 2.24) is 4.90 Å². The van der Waals surface area contributed by atoms with Crippen molar-refractivity contribution in [3.05, 3.63) is 0 Å². The second kappa shape index (κ2) is 2.92. The van der Waals surface area contributed by atoms with Crippen LogP contribution in [0.15, 0.2) is 0 Å². The molecule has 2 aliphatic heterocycles. The molecule has 0 spiro atoms. The van der Waals surface area contributed by atoms with Crippen molar-refractivity contribution in [2.45, 2.75) is 45.1 Å². The summed E-state index contributed by atoms with van der Waals surface area (Å²) in [5.41, 5.74) is 0. The third kappa shape index (κ3) is 1.48. The molecular formula is C10H18FNO. The number of hydrogen-bond acceptors (Lipinski definition) is 2. The predicted octanol–water partition coefficient (Wildman–Crippen LogP) is 1.80. The van der Waals surface area contributed by atoms with Crippen molar-refractivity contribution >= 4 is 0 Å². The Kier molecular flexibility index (Phi) is 2.11. The first-order chi connectivity index (χ1) is 6.00.